The number of anilines is 1. The fraction of sp³-hybridized carbons (Fsp3) is 0.583. The standard InChI is InChI=1S/C12H19BrN4O/c1-8(4-3-5-9(2)14)12(18)17-11-7-15-10(13)6-16-11/h6-9H,3-5,14H2,1-2H3,(H,16,17,18). The Kier molecular flexibility index (Phi) is 6.21. The Bertz CT molecular complexity index is 380. The molecule has 1 amide bonds. The lowest BCUT2D eigenvalue weighted by Crippen LogP contribution is -2.22. The van der Waals surface area contributed by atoms with Gasteiger partial charge in [-0.05, 0) is 35.7 Å². The van der Waals surface area contributed by atoms with Crippen LogP contribution in [0.5, 0.6) is 0 Å². The highest BCUT2D eigenvalue weighted by molar-refractivity contribution is 9.10. The number of carbonyl (C=O) groups is 1. The topological polar surface area (TPSA) is 80.9 Å². The molecule has 100 valence electrons. The van der Waals surface area contributed by atoms with Gasteiger partial charge in [-0.25, -0.2) is 9.97 Å². The van der Waals surface area contributed by atoms with Crippen LogP contribution in [-0.2, 0) is 4.79 Å². The Morgan fingerprint density at radius 1 is 1.39 bits per heavy atom. The minimum absolute atomic E-state index is 0.0312. The maximum atomic E-state index is 11.9. The molecule has 0 aliphatic rings. The molecule has 0 saturated carbocycles. The number of rotatable bonds is 6. The third-order valence-electron chi connectivity index (χ3n) is 2.62. The second-order valence-electron chi connectivity index (χ2n) is 4.52. The Morgan fingerprint density at radius 2 is 2.11 bits per heavy atom. The minimum atomic E-state index is -0.0470. The van der Waals surface area contributed by atoms with Gasteiger partial charge in [-0.15, -0.1) is 0 Å². The second kappa shape index (κ2) is 7.43. The molecule has 1 aromatic rings. The first-order valence-electron chi connectivity index (χ1n) is 6.03. The zero-order valence-electron chi connectivity index (χ0n) is 10.7. The van der Waals surface area contributed by atoms with E-state index in [9.17, 15) is 4.79 Å². The number of halogens is 1. The first kappa shape index (κ1) is 15.0. The van der Waals surface area contributed by atoms with Gasteiger partial charge in [0.05, 0.1) is 12.4 Å². The van der Waals surface area contributed by atoms with Crippen LogP contribution >= 0.6 is 15.9 Å². The van der Waals surface area contributed by atoms with E-state index in [1.54, 1.807) is 6.20 Å². The maximum Gasteiger partial charge on any atom is 0.228 e. The second-order valence-corrected chi connectivity index (χ2v) is 5.34. The van der Waals surface area contributed by atoms with Crippen molar-refractivity contribution < 1.29 is 4.79 Å². The van der Waals surface area contributed by atoms with E-state index in [-0.39, 0.29) is 17.9 Å². The average Bonchev–Trinajstić information content (AvgIpc) is 2.31. The van der Waals surface area contributed by atoms with E-state index in [2.05, 4.69) is 31.2 Å². The summed E-state index contributed by atoms with van der Waals surface area (Å²) in [5.74, 6) is 0.396. The van der Waals surface area contributed by atoms with Crippen molar-refractivity contribution in [3.63, 3.8) is 0 Å². The van der Waals surface area contributed by atoms with Crippen LogP contribution in [0.1, 0.15) is 33.1 Å². The van der Waals surface area contributed by atoms with Gasteiger partial charge in [-0.1, -0.05) is 13.3 Å². The molecule has 2 atom stereocenters. The molecule has 0 aromatic carbocycles. The van der Waals surface area contributed by atoms with Gasteiger partial charge in [-0.3, -0.25) is 4.79 Å². The van der Waals surface area contributed by atoms with Crippen LogP contribution in [0, 0.1) is 5.92 Å². The van der Waals surface area contributed by atoms with Crippen molar-refractivity contribution in [3.05, 3.63) is 17.0 Å². The zero-order valence-corrected chi connectivity index (χ0v) is 12.3. The lowest BCUT2D eigenvalue weighted by Gasteiger charge is -2.12. The fourth-order valence-corrected chi connectivity index (χ4v) is 1.71. The number of hydrogen-bond acceptors (Lipinski definition) is 4. The number of carbonyl (C=O) groups excluding carboxylic acids is 1. The van der Waals surface area contributed by atoms with E-state index < -0.39 is 0 Å². The molecule has 6 heteroatoms. The van der Waals surface area contributed by atoms with Gasteiger partial charge >= 0.3 is 0 Å². The summed E-state index contributed by atoms with van der Waals surface area (Å²) < 4.78 is 0.644. The molecule has 0 aliphatic heterocycles. The van der Waals surface area contributed by atoms with Crippen molar-refractivity contribution >= 4 is 27.7 Å². The SMILES string of the molecule is CC(N)CCCC(C)C(=O)Nc1cnc(Br)cn1. The summed E-state index contributed by atoms with van der Waals surface area (Å²) in [5, 5.41) is 2.74. The first-order valence-corrected chi connectivity index (χ1v) is 6.82. The minimum Gasteiger partial charge on any atom is -0.328 e. The van der Waals surface area contributed by atoms with Crippen molar-refractivity contribution in [3.8, 4) is 0 Å². The summed E-state index contributed by atoms with van der Waals surface area (Å²) in [6.45, 7) is 3.88. The van der Waals surface area contributed by atoms with Crippen LogP contribution in [0.2, 0.25) is 0 Å². The average molecular weight is 315 g/mol. The van der Waals surface area contributed by atoms with Crippen molar-refractivity contribution in [2.45, 2.75) is 39.2 Å². The van der Waals surface area contributed by atoms with E-state index in [1.807, 2.05) is 13.8 Å². The van der Waals surface area contributed by atoms with Crippen LogP contribution < -0.4 is 11.1 Å². The lowest BCUT2D eigenvalue weighted by atomic mass is 10.0. The normalized spacial score (nSPS) is 14.0. The number of hydrogen-bond donors (Lipinski definition) is 2. The van der Waals surface area contributed by atoms with E-state index in [0.717, 1.165) is 19.3 Å². The highest BCUT2D eigenvalue weighted by Gasteiger charge is 2.13. The van der Waals surface area contributed by atoms with Gasteiger partial charge in [0.15, 0.2) is 5.82 Å². The molecule has 0 radical (unpaired) electrons. The third kappa shape index (κ3) is 5.55. The van der Waals surface area contributed by atoms with E-state index >= 15 is 0 Å². The van der Waals surface area contributed by atoms with Crippen molar-refractivity contribution in [2.24, 2.45) is 11.7 Å². The molecule has 1 heterocycles. The monoisotopic (exact) mass is 314 g/mol. The first-order chi connectivity index (χ1) is 8.49. The van der Waals surface area contributed by atoms with E-state index in [1.165, 1.54) is 6.20 Å². The number of nitrogens with zero attached hydrogens (tertiary/aromatic N) is 2. The molecule has 5 nitrogen and oxygen atoms in total. The zero-order chi connectivity index (χ0) is 13.5. The number of amides is 1. The van der Waals surface area contributed by atoms with Crippen LogP contribution in [0.15, 0.2) is 17.0 Å². The summed E-state index contributed by atoms with van der Waals surface area (Å²) >= 11 is 3.19. The maximum absolute atomic E-state index is 11.9. The molecular weight excluding hydrogens is 296 g/mol. The van der Waals surface area contributed by atoms with Gasteiger partial charge in [0.1, 0.15) is 4.60 Å². The Balaban J connectivity index is 2.37. The molecule has 18 heavy (non-hydrogen) atoms. The highest BCUT2D eigenvalue weighted by Crippen LogP contribution is 2.12. The molecule has 2 unspecified atom stereocenters. The summed E-state index contributed by atoms with van der Waals surface area (Å²) in [6, 6.07) is 0.192. The Hall–Kier alpha value is -1.01. The molecule has 3 N–H and O–H groups in total. The van der Waals surface area contributed by atoms with Crippen molar-refractivity contribution in [1.29, 1.82) is 0 Å². The summed E-state index contributed by atoms with van der Waals surface area (Å²) in [6.07, 6.45) is 5.80. The molecule has 0 fully saturated rings. The molecule has 0 saturated heterocycles. The number of nitrogens with two attached hydrogens (primary N) is 1. The molecule has 0 bridgehead atoms. The Labute approximate surface area is 116 Å². The Morgan fingerprint density at radius 3 is 2.67 bits per heavy atom. The smallest absolute Gasteiger partial charge is 0.228 e. The largest absolute Gasteiger partial charge is 0.328 e. The predicted octanol–water partition coefficient (Wildman–Crippen LogP) is 2.33. The van der Waals surface area contributed by atoms with Crippen LogP contribution in [0.3, 0.4) is 0 Å². The molecular formula is C12H19BrN4O. The van der Waals surface area contributed by atoms with E-state index in [4.69, 9.17) is 5.73 Å². The van der Waals surface area contributed by atoms with Gasteiger partial charge < -0.3 is 11.1 Å². The molecule has 0 aliphatic carbocycles. The third-order valence-corrected chi connectivity index (χ3v) is 3.03. The molecule has 0 spiro atoms. The molecule has 1 aromatic heterocycles. The molecule has 1 rings (SSSR count). The lowest BCUT2D eigenvalue weighted by molar-refractivity contribution is -0.119. The van der Waals surface area contributed by atoms with Gasteiger partial charge in [-0.2, -0.15) is 0 Å². The number of nitrogens with one attached hydrogen (secondary N) is 1. The van der Waals surface area contributed by atoms with Crippen molar-refractivity contribution in [1.82, 2.24) is 9.97 Å². The van der Waals surface area contributed by atoms with Crippen molar-refractivity contribution in [2.75, 3.05) is 5.32 Å². The quantitative estimate of drug-likeness (QED) is 0.844. The van der Waals surface area contributed by atoms with Crippen LogP contribution in [0.4, 0.5) is 5.82 Å². The van der Waals surface area contributed by atoms with E-state index in [0.29, 0.717) is 10.4 Å². The van der Waals surface area contributed by atoms with Gasteiger partial charge in [0.2, 0.25) is 5.91 Å². The van der Waals surface area contributed by atoms with Gasteiger partial charge in [0, 0.05) is 12.0 Å². The van der Waals surface area contributed by atoms with Crippen LogP contribution in [-0.4, -0.2) is 21.9 Å². The van der Waals surface area contributed by atoms with Gasteiger partial charge in [0.25, 0.3) is 0 Å². The number of aromatic nitrogens is 2. The highest BCUT2D eigenvalue weighted by atomic mass is 79.9. The van der Waals surface area contributed by atoms with Crippen LogP contribution in [0.25, 0.3) is 0 Å². The summed E-state index contributed by atoms with van der Waals surface area (Å²) in [4.78, 5) is 19.9. The summed E-state index contributed by atoms with van der Waals surface area (Å²) in [5.41, 5.74) is 5.67. The summed E-state index contributed by atoms with van der Waals surface area (Å²) in [7, 11) is 0. The predicted molar refractivity (Wildman–Crippen MR) is 75.0 cm³/mol. The fourth-order valence-electron chi connectivity index (χ4n) is 1.50.